The first kappa shape index (κ1) is 13.6. The van der Waals surface area contributed by atoms with E-state index >= 15 is 0 Å². The molecular formula is C16H25NO. The van der Waals surface area contributed by atoms with Crippen LogP contribution in [-0.2, 0) is 6.54 Å². The fourth-order valence-electron chi connectivity index (χ4n) is 2.83. The smallest absolute Gasteiger partial charge is 0.0620 e. The highest BCUT2D eigenvalue weighted by atomic mass is 16.3. The molecule has 0 atom stereocenters. The first-order valence-corrected chi connectivity index (χ1v) is 6.96. The van der Waals surface area contributed by atoms with Crippen molar-refractivity contribution < 1.29 is 5.11 Å². The molecule has 2 nitrogen and oxygen atoms in total. The van der Waals surface area contributed by atoms with Gasteiger partial charge in [0.1, 0.15) is 0 Å². The number of nitrogens with zero attached hydrogens (tertiary/aromatic N) is 1. The highest BCUT2D eigenvalue weighted by molar-refractivity contribution is 5.25. The van der Waals surface area contributed by atoms with Gasteiger partial charge in [0.25, 0.3) is 0 Å². The van der Waals surface area contributed by atoms with E-state index in [2.05, 4.69) is 36.1 Å². The lowest BCUT2D eigenvalue weighted by Gasteiger charge is -2.37. The van der Waals surface area contributed by atoms with Crippen LogP contribution in [0.15, 0.2) is 24.3 Å². The van der Waals surface area contributed by atoms with Gasteiger partial charge in [-0.1, -0.05) is 24.3 Å². The molecule has 1 aromatic rings. The van der Waals surface area contributed by atoms with E-state index in [0.29, 0.717) is 5.92 Å². The Balaban J connectivity index is 1.90. The van der Waals surface area contributed by atoms with Crippen molar-refractivity contribution in [2.24, 2.45) is 5.92 Å². The Morgan fingerprint density at radius 1 is 1.22 bits per heavy atom. The van der Waals surface area contributed by atoms with Crippen LogP contribution in [-0.4, -0.2) is 28.7 Å². The zero-order valence-electron chi connectivity index (χ0n) is 11.8. The van der Waals surface area contributed by atoms with Crippen LogP contribution in [0.3, 0.4) is 0 Å². The highest BCUT2D eigenvalue weighted by Gasteiger charge is 2.30. The largest absolute Gasteiger partial charge is 0.390 e. The van der Waals surface area contributed by atoms with Gasteiger partial charge in [0.05, 0.1) is 5.60 Å². The quantitative estimate of drug-likeness (QED) is 0.887. The first-order chi connectivity index (χ1) is 8.47. The molecule has 1 saturated heterocycles. The average Bonchev–Trinajstić information content (AvgIpc) is 2.32. The zero-order chi connectivity index (χ0) is 13.2. The Kier molecular flexibility index (Phi) is 4.08. The lowest BCUT2D eigenvalue weighted by molar-refractivity contribution is -0.0136. The molecule has 0 aromatic heterocycles. The Hall–Kier alpha value is -0.860. The fraction of sp³-hybridized carbons (Fsp3) is 0.625. The summed E-state index contributed by atoms with van der Waals surface area (Å²) in [5.41, 5.74) is 2.29. The molecule has 0 amide bonds. The van der Waals surface area contributed by atoms with E-state index in [0.717, 1.165) is 32.5 Å². The highest BCUT2D eigenvalue weighted by Crippen LogP contribution is 2.28. The Morgan fingerprint density at radius 2 is 1.83 bits per heavy atom. The van der Waals surface area contributed by atoms with Crippen molar-refractivity contribution in [1.29, 1.82) is 0 Å². The molecule has 0 saturated carbocycles. The van der Waals surface area contributed by atoms with Gasteiger partial charge < -0.3 is 5.11 Å². The third-order valence-corrected chi connectivity index (χ3v) is 4.24. The molecular weight excluding hydrogens is 222 g/mol. The molecule has 1 N–H and O–H groups in total. The zero-order valence-corrected chi connectivity index (χ0v) is 11.8. The van der Waals surface area contributed by atoms with Crippen LogP contribution in [0.5, 0.6) is 0 Å². The molecule has 18 heavy (non-hydrogen) atoms. The predicted octanol–water partition coefficient (Wildman–Crippen LogP) is 2.98. The van der Waals surface area contributed by atoms with Crippen molar-refractivity contribution in [2.75, 3.05) is 13.1 Å². The van der Waals surface area contributed by atoms with Crippen LogP contribution >= 0.6 is 0 Å². The lowest BCUT2D eigenvalue weighted by Crippen LogP contribution is -2.41. The van der Waals surface area contributed by atoms with Crippen molar-refractivity contribution in [3.63, 3.8) is 0 Å². The number of benzene rings is 1. The second-order valence-electron chi connectivity index (χ2n) is 6.13. The molecule has 1 heterocycles. The summed E-state index contributed by atoms with van der Waals surface area (Å²) in [5.74, 6) is 0.450. The Morgan fingerprint density at radius 3 is 2.39 bits per heavy atom. The number of hydrogen-bond donors (Lipinski definition) is 1. The van der Waals surface area contributed by atoms with Crippen LogP contribution in [0, 0.1) is 12.8 Å². The third-order valence-electron chi connectivity index (χ3n) is 4.24. The van der Waals surface area contributed by atoms with E-state index in [-0.39, 0.29) is 0 Å². The second-order valence-corrected chi connectivity index (χ2v) is 6.13. The third kappa shape index (κ3) is 3.33. The van der Waals surface area contributed by atoms with Gasteiger partial charge in [-0.05, 0) is 63.7 Å². The van der Waals surface area contributed by atoms with Crippen LogP contribution < -0.4 is 0 Å². The summed E-state index contributed by atoms with van der Waals surface area (Å²) in [6, 6.07) is 8.61. The van der Waals surface area contributed by atoms with Gasteiger partial charge in [-0.15, -0.1) is 0 Å². The van der Waals surface area contributed by atoms with Gasteiger partial charge in [-0.3, -0.25) is 4.90 Å². The minimum atomic E-state index is -0.519. The topological polar surface area (TPSA) is 23.5 Å². The number of rotatable bonds is 3. The van der Waals surface area contributed by atoms with Gasteiger partial charge in [-0.2, -0.15) is 0 Å². The molecule has 100 valence electrons. The van der Waals surface area contributed by atoms with E-state index in [1.807, 2.05) is 13.8 Å². The predicted molar refractivity (Wildman–Crippen MR) is 75.5 cm³/mol. The summed E-state index contributed by atoms with van der Waals surface area (Å²) < 4.78 is 0. The van der Waals surface area contributed by atoms with E-state index in [1.54, 1.807) is 0 Å². The number of aliphatic hydroxyl groups is 1. The van der Waals surface area contributed by atoms with Gasteiger partial charge >= 0.3 is 0 Å². The summed E-state index contributed by atoms with van der Waals surface area (Å²) in [4.78, 5) is 2.50. The van der Waals surface area contributed by atoms with E-state index in [1.165, 1.54) is 11.1 Å². The molecule has 0 aliphatic carbocycles. The second kappa shape index (κ2) is 5.41. The van der Waals surface area contributed by atoms with E-state index < -0.39 is 5.60 Å². The van der Waals surface area contributed by atoms with E-state index in [4.69, 9.17) is 0 Å². The molecule has 1 aromatic carbocycles. The average molecular weight is 247 g/mol. The van der Waals surface area contributed by atoms with Gasteiger partial charge in [0, 0.05) is 6.54 Å². The molecule has 2 heteroatoms. The SMILES string of the molecule is Cc1ccccc1CN1CCC(C(C)(C)O)CC1. The number of aryl methyl sites for hydroxylation is 1. The molecule has 1 aliphatic heterocycles. The molecule has 0 unspecified atom stereocenters. The van der Waals surface area contributed by atoms with Crippen molar-refractivity contribution in [2.45, 2.75) is 45.8 Å². The molecule has 0 radical (unpaired) electrons. The summed E-state index contributed by atoms with van der Waals surface area (Å²) in [6.07, 6.45) is 2.21. The summed E-state index contributed by atoms with van der Waals surface area (Å²) in [6.45, 7) is 9.31. The maximum atomic E-state index is 10.0. The van der Waals surface area contributed by atoms with Crippen LogP contribution in [0.2, 0.25) is 0 Å². The molecule has 0 bridgehead atoms. The molecule has 2 rings (SSSR count). The van der Waals surface area contributed by atoms with Gasteiger partial charge in [-0.25, -0.2) is 0 Å². The molecule has 1 fully saturated rings. The van der Waals surface area contributed by atoms with Crippen molar-refractivity contribution in [3.8, 4) is 0 Å². The fourth-order valence-corrected chi connectivity index (χ4v) is 2.83. The summed E-state index contributed by atoms with van der Waals surface area (Å²) in [5, 5.41) is 10.0. The minimum absolute atomic E-state index is 0.450. The van der Waals surface area contributed by atoms with Crippen LogP contribution in [0.1, 0.15) is 37.8 Å². The van der Waals surface area contributed by atoms with Crippen molar-refractivity contribution >= 4 is 0 Å². The molecule has 0 spiro atoms. The number of piperidine rings is 1. The van der Waals surface area contributed by atoms with Crippen molar-refractivity contribution in [1.82, 2.24) is 4.90 Å². The van der Waals surface area contributed by atoms with Crippen molar-refractivity contribution in [3.05, 3.63) is 35.4 Å². The Bertz CT molecular complexity index is 386. The minimum Gasteiger partial charge on any atom is -0.390 e. The van der Waals surface area contributed by atoms with E-state index in [9.17, 15) is 5.11 Å². The van der Waals surface area contributed by atoms with Gasteiger partial charge in [0.15, 0.2) is 0 Å². The number of hydrogen-bond acceptors (Lipinski definition) is 2. The monoisotopic (exact) mass is 247 g/mol. The van der Waals surface area contributed by atoms with Gasteiger partial charge in [0.2, 0.25) is 0 Å². The standard InChI is InChI=1S/C16H25NO/c1-13-6-4-5-7-14(13)12-17-10-8-15(9-11-17)16(2,3)18/h4-7,15,18H,8-12H2,1-3H3. The number of likely N-dealkylation sites (tertiary alicyclic amines) is 1. The summed E-state index contributed by atoms with van der Waals surface area (Å²) >= 11 is 0. The molecule has 1 aliphatic rings. The maximum absolute atomic E-state index is 10.0. The maximum Gasteiger partial charge on any atom is 0.0620 e. The lowest BCUT2D eigenvalue weighted by atomic mass is 9.83. The summed E-state index contributed by atoms with van der Waals surface area (Å²) in [7, 11) is 0. The first-order valence-electron chi connectivity index (χ1n) is 6.96. The van der Waals surface area contributed by atoms with Crippen LogP contribution in [0.25, 0.3) is 0 Å². The Labute approximate surface area is 111 Å². The normalized spacial score (nSPS) is 19.1. The van der Waals surface area contributed by atoms with Crippen LogP contribution in [0.4, 0.5) is 0 Å².